The van der Waals surface area contributed by atoms with Gasteiger partial charge in [-0.1, -0.05) is 0 Å². The van der Waals surface area contributed by atoms with E-state index in [-0.39, 0.29) is 5.56 Å². The van der Waals surface area contributed by atoms with Crippen molar-refractivity contribution in [3.63, 3.8) is 0 Å². The Morgan fingerprint density at radius 2 is 1.90 bits per heavy atom. The van der Waals surface area contributed by atoms with Crippen LogP contribution in [-0.4, -0.2) is 19.5 Å². The van der Waals surface area contributed by atoms with Crippen LogP contribution in [0.5, 0.6) is 0 Å². The van der Waals surface area contributed by atoms with Crippen molar-refractivity contribution in [3.8, 4) is 0 Å². The van der Waals surface area contributed by atoms with Crippen molar-refractivity contribution in [3.05, 3.63) is 45.0 Å². The second-order valence-corrected chi connectivity index (χ2v) is 5.21. The van der Waals surface area contributed by atoms with Gasteiger partial charge in [0.25, 0.3) is 5.56 Å². The molecule has 0 aliphatic carbocycles. The van der Waals surface area contributed by atoms with Gasteiger partial charge in [0.1, 0.15) is 18.0 Å². The van der Waals surface area contributed by atoms with Gasteiger partial charge in [0.15, 0.2) is 0 Å². The first-order chi connectivity index (χ1) is 9.49. The van der Waals surface area contributed by atoms with Gasteiger partial charge in [-0.2, -0.15) is 0 Å². The second kappa shape index (κ2) is 4.40. The molecule has 0 spiro atoms. The van der Waals surface area contributed by atoms with E-state index in [2.05, 4.69) is 19.9 Å². The number of aromatic nitrogens is 4. The van der Waals surface area contributed by atoms with Crippen LogP contribution >= 0.6 is 0 Å². The Labute approximate surface area is 117 Å². The fourth-order valence-electron chi connectivity index (χ4n) is 2.52. The number of hydrogen-bond donors (Lipinski definition) is 0. The van der Waals surface area contributed by atoms with Crippen molar-refractivity contribution in [2.24, 2.45) is 7.05 Å². The Morgan fingerprint density at radius 3 is 2.65 bits per heavy atom. The maximum Gasteiger partial charge on any atom is 0.258 e. The number of anilines is 1. The number of rotatable bonds is 1. The van der Waals surface area contributed by atoms with Crippen LogP contribution in [0.25, 0.3) is 0 Å². The molecule has 0 fully saturated rings. The molecule has 0 aromatic carbocycles. The normalized spacial score (nSPS) is 13.7. The molecule has 0 amide bonds. The number of nitrogens with zero attached hydrogens (tertiary/aromatic N) is 5. The van der Waals surface area contributed by atoms with Gasteiger partial charge in [-0.05, 0) is 20.8 Å². The van der Waals surface area contributed by atoms with Crippen LogP contribution < -0.4 is 10.5 Å². The smallest absolute Gasteiger partial charge is 0.258 e. The average molecular weight is 271 g/mol. The maximum atomic E-state index is 12.3. The second-order valence-electron chi connectivity index (χ2n) is 5.21. The third-order valence-electron chi connectivity index (χ3n) is 3.99. The lowest BCUT2D eigenvalue weighted by Crippen LogP contribution is -2.25. The maximum absolute atomic E-state index is 12.3. The molecule has 2 aromatic heterocycles. The standard InChI is InChI=1S/C14H17N5O/c1-8-9(2)15-7-16-13(8)19-5-11-12(6-19)17-10(3)18(4)14(11)20/h7H,5-6H2,1-4H3. The van der Waals surface area contributed by atoms with Gasteiger partial charge in [0.05, 0.1) is 24.3 Å². The zero-order valence-corrected chi connectivity index (χ0v) is 12.1. The summed E-state index contributed by atoms with van der Waals surface area (Å²) in [6.45, 7) is 7.01. The number of fused-ring (bicyclic) bond motifs is 1. The van der Waals surface area contributed by atoms with Crippen LogP contribution in [0.1, 0.15) is 28.3 Å². The Bertz CT molecular complexity index is 750. The van der Waals surface area contributed by atoms with E-state index < -0.39 is 0 Å². The first-order valence-corrected chi connectivity index (χ1v) is 6.57. The van der Waals surface area contributed by atoms with Crippen LogP contribution in [-0.2, 0) is 20.1 Å². The Kier molecular flexibility index (Phi) is 2.81. The topological polar surface area (TPSA) is 63.9 Å². The van der Waals surface area contributed by atoms with Crippen molar-refractivity contribution in [1.82, 2.24) is 19.5 Å². The summed E-state index contributed by atoms with van der Waals surface area (Å²) in [5.41, 5.74) is 3.69. The molecule has 0 bridgehead atoms. The molecule has 20 heavy (non-hydrogen) atoms. The molecule has 0 N–H and O–H groups in total. The zero-order chi connectivity index (χ0) is 14.4. The van der Waals surface area contributed by atoms with E-state index in [0.29, 0.717) is 13.1 Å². The summed E-state index contributed by atoms with van der Waals surface area (Å²) in [4.78, 5) is 27.4. The van der Waals surface area contributed by atoms with Crippen molar-refractivity contribution in [1.29, 1.82) is 0 Å². The van der Waals surface area contributed by atoms with Crippen molar-refractivity contribution < 1.29 is 0 Å². The highest BCUT2D eigenvalue weighted by molar-refractivity contribution is 5.51. The van der Waals surface area contributed by atoms with Crippen molar-refractivity contribution >= 4 is 5.82 Å². The molecule has 3 heterocycles. The van der Waals surface area contributed by atoms with Crippen LogP contribution in [0.2, 0.25) is 0 Å². The number of hydrogen-bond acceptors (Lipinski definition) is 5. The fraction of sp³-hybridized carbons (Fsp3) is 0.429. The molecule has 6 heteroatoms. The Hall–Kier alpha value is -2.24. The molecule has 3 rings (SSSR count). The van der Waals surface area contributed by atoms with Gasteiger partial charge >= 0.3 is 0 Å². The lowest BCUT2D eigenvalue weighted by atomic mass is 10.2. The average Bonchev–Trinajstić information content (AvgIpc) is 2.83. The molecular weight excluding hydrogens is 254 g/mol. The molecule has 6 nitrogen and oxygen atoms in total. The summed E-state index contributed by atoms with van der Waals surface area (Å²) >= 11 is 0. The van der Waals surface area contributed by atoms with E-state index in [1.807, 2.05) is 20.8 Å². The SMILES string of the molecule is Cc1ncnc(N2Cc3nc(C)n(C)c(=O)c3C2)c1C. The fourth-order valence-corrected chi connectivity index (χ4v) is 2.52. The summed E-state index contributed by atoms with van der Waals surface area (Å²) in [5.74, 6) is 1.63. The predicted octanol–water partition coefficient (Wildman–Crippen LogP) is 1.02. The predicted molar refractivity (Wildman–Crippen MR) is 75.6 cm³/mol. The zero-order valence-electron chi connectivity index (χ0n) is 12.1. The van der Waals surface area contributed by atoms with E-state index in [4.69, 9.17) is 0 Å². The molecule has 1 aliphatic heterocycles. The minimum absolute atomic E-state index is 0.0402. The Morgan fingerprint density at radius 1 is 1.15 bits per heavy atom. The van der Waals surface area contributed by atoms with Crippen LogP contribution in [0, 0.1) is 20.8 Å². The molecule has 1 aliphatic rings. The van der Waals surface area contributed by atoms with Gasteiger partial charge in [-0.15, -0.1) is 0 Å². The molecule has 0 atom stereocenters. The van der Waals surface area contributed by atoms with E-state index in [0.717, 1.165) is 34.2 Å². The minimum atomic E-state index is 0.0402. The largest absolute Gasteiger partial charge is 0.346 e. The Balaban J connectivity index is 2.05. The lowest BCUT2D eigenvalue weighted by Gasteiger charge is -2.18. The molecule has 0 saturated carbocycles. The quantitative estimate of drug-likeness (QED) is 0.774. The van der Waals surface area contributed by atoms with Crippen LogP contribution in [0.15, 0.2) is 11.1 Å². The molecule has 2 aromatic rings. The summed E-state index contributed by atoms with van der Waals surface area (Å²) < 4.78 is 1.60. The lowest BCUT2D eigenvalue weighted by molar-refractivity contribution is 0.754. The number of aryl methyl sites for hydroxylation is 2. The molecule has 0 unspecified atom stereocenters. The van der Waals surface area contributed by atoms with E-state index in [1.165, 1.54) is 0 Å². The molecule has 0 saturated heterocycles. The summed E-state index contributed by atoms with van der Waals surface area (Å²) in [6.07, 6.45) is 1.57. The third-order valence-corrected chi connectivity index (χ3v) is 3.99. The third kappa shape index (κ3) is 1.79. The first-order valence-electron chi connectivity index (χ1n) is 6.57. The molecular formula is C14H17N5O. The van der Waals surface area contributed by atoms with E-state index >= 15 is 0 Å². The van der Waals surface area contributed by atoms with Gasteiger partial charge in [-0.3, -0.25) is 9.36 Å². The highest BCUT2D eigenvalue weighted by Gasteiger charge is 2.26. The van der Waals surface area contributed by atoms with Crippen LogP contribution in [0.4, 0.5) is 5.82 Å². The van der Waals surface area contributed by atoms with Gasteiger partial charge < -0.3 is 4.90 Å². The molecule has 104 valence electrons. The summed E-state index contributed by atoms with van der Waals surface area (Å²) in [7, 11) is 1.76. The van der Waals surface area contributed by atoms with Gasteiger partial charge in [0.2, 0.25) is 0 Å². The van der Waals surface area contributed by atoms with Gasteiger partial charge in [0, 0.05) is 18.3 Å². The van der Waals surface area contributed by atoms with Crippen LogP contribution in [0.3, 0.4) is 0 Å². The van der Waals surface area contributed by atoms with Crippen molar-refractivity contribution in [2.75, 3.05) is 4.90 Å². The summed E-state index contributed by atoms with van der Waals surface area (Å²) in [5, 5.41) is 0. The first kappa shape index (κ1) is 12.8. The molecule has 0 radical (unpaired) electrons. The minimum Gasteiger partial charge on any atom is -0.346 e. The highest BCUT2D eigenvalue weighted by Crippen LogP contribution is 2.26. The summed E-state index contributed by atoms with van der Waals surface area (Å²) in [6, 6.07) is 0. The highest BCUT2D eigenvalue weighted by atomic mass is 16.1. The monoisotopic (exact) mass is 271 g/mol. The van der Waals surface area contributed by atoms with E-state index in [1.54, 1.807) is 17.9 Å². The van der Waals surface area contributed by atoms with Gasteiger partial charge in [-0.25, -0.2) is 15.0 Å². The van der Waals surface area contributed by atoms with Crippen molar-refractivity contribution in [2.45, 2.75) is 33.9 Å². The van der Waals surface area contributed by atoms with E-state index in [9.17, 15) is 4.79 Å².